The highest BCUT2D eigenvalue weighted by molar-refractivity contribution is 7.89. The summed E-state index contributed by atoms with van der Waals surface area (Å²) < 4.78 is 49.0. The van der Waals surface area contributed by atoms with Crippen molar-refractivity contribution >= 4 is 16.0 Å². The van der Waals surface area contributed by atoms with Crippen molar-refractivity contribution in [3.05, 3.63) is 53.9 Å². The Labute approximate surface area is 197 Å². The third-order valence-electron chi connectivity index (χ3n) is 5.49. The second-order valence-corrected chi connectivity index (χ2v) is 9.60. The highest BCUT2D eigenvalue weighted by Gasteiger charge is 2.31. The summed E-state index contributed by atoms with van der Waals surface area (Å²) >= 11 is 0. The molecule has 0 amide bonds. The Morgan fingerprint density at radius 3 is 2.38 bits per heavy atom. The maximum atomic E-state index is 13.1. The molecule has 180 valence electrons. The number of carbonyl (C=O) groups is 1. The normalized spacial score (nSPS) is 15.1. The molecule has 1 fully saturated rings. The molecular formula is C23H25N3O7S. The van der Waals surface area contributed by atoms with E-state index in [9.17, 15) is 13.2 Å². The first-order valence-electron chi connectivity index (χ1n) is 10.7. The van der Waals surface area contributed by atoms with Crippen LogP contribution in [0.3, 0.4) is 0 Å². The third kappa shape index (κ3) is 4.75. The lowest BCUT2D eigenvalue weighted by Crippen LogP contribution is -2.28. The molecule has 10 nitrogen and oxygen atoms in total. The molecule has 1 saturated heterocycles. The summed E-state index contributed by atoms with van der Waals surface area (Å²) in [6.07, 6.45) is 0.736. The molecular weight excluding hydrogens is 462 g/mol. The van der Waals surface area contributed by atoms with Crippen LogP contribution in [0.5, 0.6) is 11.5 Å². The Morgan fingerprint density at radius 2 is 1.74 bits per heavy atom. The van der Waals surface area contributed by atoms with Crippen molar-refractivity contribution in [1.82, 2.24) is 14.5 Å². The van der Waals surface area contributed by atoms with Crippen LogP contribution in [-0.2, 0) is 14.8 Å². The van der Waals surface area contributed by atoms with Crippen molar-refractivity contribution in [3.8, 4) is 23.0 Å². The largest absolute Gasteiger partial charge is 0.497 e. The van der Waals surface area contributed by atoms with Gasteiger partial charge < -0.3 is 18.6 Å². The molecule has 0 radical (unpaired) electrons. The number of aromatic nitrogens is 2. The molecule has 1 unspecified atom stereocenters. The minimum absolute atomic E-state index is 0.0697. The molecule has 0 saturated carbocycles. The van der Waals surface area contributed by atoms with Gasteiger partial charge in [0.1, 0.15) is 16.4 Å². The minimum atomic E-state index is -3.80. The van der Waals surface area contributed by atoms with Crippen LogP contribution in [0.15, 0.2) is 51.8 Å². The molecule has 3 aromatic rings. The number of hydrogen-bond acceptors (Lipinski definition) is 9. The SMILES string of the molecule is COc1ccc(-c2nnc(C(C)OC(=O)c3ccc(OC)c(S(=O)(=O)N4CCCC4)c3)o2)cc1. The Balaban J connectivity index is 1.52. The smallest absolute Gasteiger partial charge is 0.338 e. The summed E-state index contributed by atoms with van der Waals surface area (Å²) in [7, 11) is -0.844. The van der Waals surface area contributed by atoms with Crippen LogP contribution < -0.4 is 9.47 Å². The molecule has 11 heteroatoms. The molecule has 0 spiro atoms. The van der Waals surface area contributed by atoms with Gasteiger partial charge in [0.15, 0.2) is 6.10 Å². The number of hydrogen-bond donors (Lipinski definition) is 0. The van der Waals surface area contributed by atoms with Crippen molar-refractivity contribution < 1.29 is 31.8 Å². The lowest BCUT2D eigenvalue weighted by molar-refractivity contribution is 0.0279. The Bertz CT molecular complexity index is 1270. The van der Waals surface area contributed by atoms with Gasteiger partial charge in [-0.2, -0.15) is 4.31 Å². The van der Waals surface area contributed by atoms with Crippen LogP contribution in [-0.4, -0.2) is 56.2 Å². The number of esters is 1. The molecule has 4 rings (SSSR count). The summed E-state index contributed by atoms with van der Waals surface area (Å²) in [4.78, 5) is 12.7. The summed E-state index contributed by atoms with van der Waals surface area (Å²) in [6.45, 7) is 2.46. The maximum absolute atomic E-state index is 13.1. The van der Waals surface area contributed by atoms with Gasteiger partial charge in [0.05, 0.1) is 19.8 Å². The van der Waals surface area contributed by atoms with E-state index in [1.807, 2.05) is 0 Å². The van der Waals surface area contributed by atoms with Crippen LogP contribution in [0, 0.1) is 0 Å². The summed E-state index contributed by atoms with van der Waals surface area (Å²) in [5.74, 6) is 0.507. The quantitative estimate of drug-likeness (QED) is 0.440. The first kappa shape index (κ1) is 23.7. The van der Waals surface area contributed by atoms with Crippen LogP contribution >= 0.6 is 0 Å². The van der Waals surface area contributed by atoms with Gasteiger partial charge in [0.25, 0.3) is 5.89 Å². The van der Waals surface area contributed by atoms with Crippen molar-refractivity contribution in [2.24, 2.45) is 0 Å². The van der Waals surface area contributed by atoms with E-state index in [0.717, 1.165) is 12.8 Å². The number of benzene rings is 2. The standard InChI is InChI=1S/C23H25N3O7S/c1-15(21-24-25-22(33-21)16-6-9-18(30-2)10-7-16)32-23(27)17-8-11-19(31-3)20(14-17)34(28,29)26-12-4-5-13-26/h6-11,14-15H,4-5,12-13H2,1-3H3. The van der Waals surface area contributed by atoms with Crippen LogP contribution in [0.2, 0.25) is 0 Å². The van der Waals surface area contributed by atoms with E-state index in [2.05, 4.69) is 10.2 Å². The number of ether oxygens (including phenoxy) is 3. The molecule has 1 aliphatic heterocycles. The fourth-order valence-electron chi connectivity index (χ4n) is 3.60. The maximum Gasteiger partial charge on any atom is 0.338 e. The van der Waals surface area contributed by atoms with E-state index in [-0.39, 0.29) is 28.0 Å². The van der Waals surface area contributed by atoms with Crippen LogP contribution in [0.1, 0.15) is 42.1 Å². The zero-order valence-corrected chi connectivity index (χ0v) is 19.9. The number of sulfonamides is 1. The predicted octanol–water partition coefficient (Wildman–Crippen LogP) is 3.46. The summed E-state index contributed by atoms with van der Waals surface area (Å²) in [6, 6.07) is 11.2. The number of nitrogens with zero attached hydrogens (tertiary/aromatic N) is 3. The third-order valence-corrected chi connectivity index (χ3v) is 7.41. The minimum Gasteiger partial charge on any atom is -0.497 e. The molecule has 1 aromatic heterocycles. The first-order chi connectivity index (χ1) is 16.3. The van der Waals surface area contributed by atoms with Crippen molar-refractivity contribution in [3.63, 3.8) is 0 Å². The van der Waals surface area contributed by atoms with Gasteiger partial charge in [-0.05, 0) is 62.2 Å². The molecule has 34 heavy (non-hydrogen) atoms. The van der Waals surface area contributed by atoms with Crippen molar-refractivity contribution in [1.29, 1.82) is 0 Å². The fourth-order valence-corrected chi connectivity index (χ4v) is 5.30. The number of carbonyl (C=O) groups excluding carboxylic acids is 1. The molecule has 2 heterocycles. The molecule has 2 aromatic carbocycles. The average molecular weight is 488 g/mol. The highest BCUT2D eigenvalue weighted by atomic mass is 32.2. The lowest BCUT2D eigenvalue weighted by atomic mass is 10.2. The fraction of sp³-hybridized carbons (Fsp3) is 0.348. The van der Waals surface area contributed by atoms with E-state index in [1.165, 1.54) is 29.6 Å². The summed E-state index contributed by atoms with van der Waals surface area (Å²) in [5.41, 5.74) is 0.755. The second kappa shape index (κ2) is 9.82. The van der Waals surface area contributed by atoms with Gasteiger partial charge in [0, 0.05) is 18.7 Å². The van der Waals surface area contributed by atoms with E-state index in [1.54, 1.807) is 38.3 Å². The van der Waals surface area contributed by atoms with Crippen molar-refractivity contribution in [2.75, 3.05) is 27.3 Å². The Morgan fingerprint density at radius 1 is 1.03 bits per heavy atom. The topological polar surface area (TPSA) is 121 Å². The zero-order valence-electron chi connectivity index (χ0n) is 19.1. The number of methoxy groups -OCH3 is 2. The van der Waals surface area contributed by atoms with E-state index >= 15 is 0 Å². The predicted molar refractivity (Wildman–Crippen MR) is 121 cm³/mol. The van der Waals surface area contributed by atoms with Crippen molar-refractivity contribution in [2.45, 2.75) is 30.8 Å². The van der Waals surface area contributed by atoms with Gasteiger partial charge in [0.2, 0.25) is 15.9 Å². The first-order valence-corrected chi connectivity index (χ1v) is 12.1. The van der Waals surface area contributed by atoms with E-state index < -0.39 is 22.1 Å². The monoisotopic (exact) mass is 487 g/mol. The van der Waals surface area contributed by atoms with Gasteiger partial charge in [-0.3, -0.25) is 0 Å². The molecule has 0 aliphatic carbocycles. The van der Waals surface area contributed by atoms with Gasteiger partial charge in [-0.15, -0.1) is 10.2 Å². The van der Waals surface area contributed by atoms with E-state index in [4.69, 9.17) is 18.6 Å². The van der Waals surface area contributed by atoms with Gasteiger partial charge in [-0.1, -0.05) is 0 Å². The Hall–Kier alpha value is -3.44. The zero-order chi connectivity index (χ0) is 24.3. The summed E-state index contributed by atoms with van der Waals surface area (Å²) in [5, 5.41) is 7.98. The molecule has 1 aliphatic rings. The van der Waals surface area contributed by atoms with Crippen LogP contribution in [0.4, 0.5) is 0 Å². The highest BCUT2D eigenvalue weighted by Crippen LogP contribution is 2.31. The van der Waals surface area contributed by atoms with E-state index in [0.29, 0.717) is 24.4 Å². The number of rotatable bonds is 8. The second-order valence-electron chi connectivity index (χ2n) is 7.70. The molecule has 0 N–H and O–H groups in total. The lowest BCUT2D eigenvalue weighted by Gasteiger charge is -2.18. The van der Waals surface area contributed by atoms with Gasteiger partial charge >= 0.3 is 5.97 Å². The Kier molecular flexibility index (Phi) is 6.85. The van der Waals surface area contributed by atoms with Crippen LogP contribution in [0.25, 0.3) is 11.5 Å². The molecule has 1 atom stereocenters. The average Bonchev–Trinajstić information content (AvgIpc) is 3.57. The molecule has 0 bridgehead atoms. The van der Waals surface area contributed by atoms with Gasteiger partial charge in [-0.25, -0.2) is 13.2 Å².